The minimum absolute atomic E-state index is 0.287. The normalized spacial score (nSPS) is 17.6. The molecule has 5 aromatic rings. The van der Waals surface area contributed by atoms with Crippen molar-refractivity contribution in [3.8, 4) is 0 Å². The van der Waals surface area contributed by atoms with Gasteiger partial charge in [0.2, 0.25) is 0 Å². The van der Waals surface area contributed by atoms with Crippen LogP contribution in [0, 0.1) is 0 Å². The smallest absolute Gasteiger partial charge is 0.419 e. The molecular formula is C39H44BrF2N3O3SSi. The second-order valence-corrected chi connectivity index (χ2v) is 21.8. The van der Waals surface area contributed by atoms with Crippen LogP contribution in [0.2, 0.25) is 5.04 Å². The van der Waals surface area contributed by atoms with Crippen LogP contribution >= 0.6 is 27.3 Å². The summed E-state index contributed by atoms with van der Waals surface area (Å²) in [7, 11) is -3.22. The third kappa shape index (κ3) is 6.99. The molecule has 1 aliphatic rings. The van der Waals surface area contributed by atoms with Crippen LogP contribution in [0.1, 0.15) is 70.6 Å². The average Bonchev–Trinajstić information content (AvgIpc) is 3.62. The molecule has 50 heavy (non-hydrogen) atoms. The van der Waals surface area contributed by atoms with Crippen LogP contribution in [0.15, 0.2) is 95.0 Å². The molecule has 6 rings (SSSR count). The molecule has 2 aromatic heterocycles. The van der Waals surface area contributed by atoms with Crippen molar-refractivity contribution in [1.29, 1.82) is 0 Å². The fraction of sp³-hybridized carbons (Fsp3) is 0.385. The molecule has 3 heterocycles. The van der Waals surface area contributed by atoms with E-state index in [1.165, 1.54) is 11.3 Å². The maximum absolute atomic E-state index is 16.8. The minimum Gasteiger partial charge on any atom is -0.443 e. The number of halogens is 3. The van der Waals surface area contributed by atoms with Gasteiger partial charge in [0, 0.05) is 22.5 Å². The number of carbonyl (C=O) groups excluding carboxylic acids is 1. The van der Waals surface area contributed by atoms with Gasteiger partial charge < -0.3 is 9.16 Å². The van der Waals surface area contributed by atoms with E-state index in [2.05, 4.69) is 41.7 Å². The first-order valence-electron chi connectivity index (χ1n) is 16.9. The number of rotatable bonds is 8. The maximum atomic E-state index is 16.8. The van der Waals surface area contributed by atoms with E-state index in [0.717, 1.165) is 26.2 Å². The quantitative estimate of drug-likeness (QED) is 0.147. The van der Waals surface area contributed by atoms with E-state index < -0.39 is 50.2 Å². The summed E-state index contributed by atoms with van der Waals surface area (Å²) in [5, 5.41) is 2.35. The molecule has 6 nitrogen and oxygen atoms in total. The van der Waals surface area contributed by atoms with Gasteiger partial charge in [-0.25, -0.2) is 23.1 Å². The van der Waals surface area contributed by atoms with Gasteiger partial charge in [-0.1, -0.05) is 99.6 Å². The van der Waals surface area contributed by atoms with Gasteiger partial charge in [0.25, 0.3) is 14.2 Å². The van der Waals surface area contributed by atoms with Crippen LogP contribution < -0.4 is 10.4 Å². The van der Waals surface area contributed by atoms with Gasteiger partial charge >= 0.3 is 6.09 Å². The lowest BCUT2D eigenvalue weighted by molar-refractivity contribution is -0.0820. The summed E-state index contributed by atoms with van der Waals surface area (Å²) in [5.74, 6) is -3.25. The van der Waals surface area contributed by atoms with Gasteiger partial charge in [0.05, 0.1) is 30.4 Å². The van der Waals surface area contributed by atoms with E-state index in [-0.39, 0.29) is 6.04 Å². The highest BCUT2D eigenvalue weighted by molar-refractivity contribution is 9.11. The van der Waals surface area contributed by atoms with E-state index in [4.69, 9.17) is 9.16 Å². The zero-order valence-corrected chi connectivity index (χ0v) is 32.9. The monoisotopic (exact) mass is 779 g/mol. The number of hydrogen-bond acceptors (Lipinski definition) is 6. The number of hydrogen-bond donors (Lipinski definition) is 0. The topological polar surface area (TPSA) is 56.6 Å². The molecule has 0 spiro atoms. The van der Waals surface area contributed by atoms with Gasteiger partial charge in [-0.15, -0.1) is 11.3 Å². The summed E-state index contributed by atoms with van der Waals surface area (Å²) in [6.07, 6.45) is 1.65. The number of carbonyl (C=O) groups is 1. The van der Waals surface area contributed by atoms with E-state index in [0.29, 0.717) is 21.5 Å². The standard InChI is InChI=1S/C39H44BrF2N3O3SSi/c1-26-22-30-29-20-14-15-21-31(29)45(36(46)48-37(2,3)4)33(30)34(32-23-43-35(40)49-32)44(26)24-39(41,42)25-47-50(38(5,6)7,27-16-10-8-11-17-27)28-18-12-9-13-19-28/h8-21,23,26,34H,22,24-25H2,1-7H3/t26-,34-/m1/s1. The van der Waals surface area contributed by atoms with Crippen molar-refractivity contribution in [3.63, 3.8) is 0 Å². The SMILES string of the molecule is C[C@@H]1Cc2c(n(C(=O)OC(C)(C)C)c3ccccc23)[C@@H](c2cnc(Br)s2)N1CC(F)(F)CO[Si](c1ccccc1)(c1ccccc1)C(C)(C)C. The number of benzene rings is 3. The summed E-state index contributed by atoms with van der Waals surface area (Å²) < 4.78 is 48.5. The van der Waals surface area contributed by atoms with E-state index in [1.54, 1.807) is 10.8 Å². The van der Waals surface area contributed by atoms with Crippen LogP contribution in [-0.4, -0.2) is 59.6 Å². The van der Waals surface area contributed by atoms with Crippen LogP contribution in [0.3, 0.4) is 0 Å². The van der Waals surface area contributed by atoms with Crippen molar-refractivity contribution in [2.24, 2.45) is 0 Å². The summed E-state index contributed by atoms with van der Waals surface area (Å²) in [6, 6.07) is 26.4. The van der Waals surface area contributed by atoms with Crippen molar-refractivity contribution in [3.05, 3.63) is 111 Å². The molecule has 2 atom stereocenters. The average molecular weight is 781 g/mol. The van der Waals surface area contributed by atoms with Crippen LogP contribution in [0.5, 0.6) is 0 Å². The second kappa shape index (κ2) is 13.7. The molecule has 0 unspecified atom stereocenters. The lowest BCUT2D eigenvalue weighted by atomic mass is 9.91. The number of ether oxygens (including phenoxy) is 1. The first-order chi connectivity index (χ1) is 23.5. The molecule has 0 radical (unpaired) electrons. The highest BCUT2D eigenvalue weighted by atomic mass is 79.9. The maximum Gasteiger partial charge on any atom is 0.419 e. The summed E-state index contributed by atoms with van der Waals surface area (Å²) in [4.78, 5) is 21.0. The van der Waals surface area contributed by atoms with Crippen molar-refractivity contribution >= 4 is 63.0 Å². The molecule has 3 aromatic carbocycles. The Kier molecular flexibility index (Phi) is 10.0. The highest BCUT2D eigenvalue weighted by Crippen LogP contribution is 2.46. The van der Waals surface area contributed by atoms with Gasteiger partial charge in [-0.3, -0.25) is 4.90 Å². The summed E-state index contributed by atoms with van der Waals surface area (Å²) in [6.45, 7) is 12.3. The predicted octanol–water partition coefficient (Wildman–Crippen LogP) is 9.19. The molecule has 11 heteroatoms. The lowest BCUT2D eigenvalue weighted by Gasteiger charge is -2.45. The molecule has 0 aliphatic carbocycles. The molecule has 1 aliphatic heterocycles. The number of fused-ring (bicyclic) bond motifs is 3. The fourth-order valence-corrected chi connectivity index (χ4v) is 13.4. The van der Waals surface area contributed by atoms with E-state index in [9.17, 15) is 4.79 Å². The number of thiazole rings is 1. The Morgan fingerprint density at radius 2 is 1.52 bits per heavy atom. The van der Waals surface area contributed by atoms with Crippen molar-refractivity contribution in [2.75, 3.05) is 13.2 Å². The Balaban J connectivity index is 1.43. The van der Waals surface area contributed by atoms with Gasteiger partial charge in [0.1, 0.15) is 5.60 Å². The molecule has 0 saturated carbocycles. The Morgan fingerprint density at radius 1 is 0.940 bits per heavy atom. The molecule has 0 fully saturated rings. The number of alkyl halides is 2. The number of nitrogens with zero attached hydrogens (tertiary/aromatic N) is 3. The Bertz CT molecular complexity index is 1930. The molecular weight excluding hydrogens is 736 g/mol. The molecule has 0 amide bonds. The summed E-state index contributed by atoms with van der Waals surface area (Å²) in [5.41, 5.74) is 1.52. The zero-order valence-electron chi connectivity index (χ0n) is 29.5. The van der Waals surface area contributed by atoms with Crippen molar-refractivity contribution in [1.82, 2.24) is 14.5 Å². The van der Waals surface area contributed by atoms with Crippen LogP contribution in [0.4, 0.5) is 13.6 Å². The third-order valence-corrected chi connectivity index (χ3v) is 15.9. The van der Waals surface area contributed by atoms with E-state index >= 15 is 8.78 Å². The van der Waals surface area contributed by atoms with Gasteiger partial charge in [-0.2, -0.15) is 0 Å². The van der Waals surface area contributed by atoms with Gasteiger partial charge in [0.15, 0.2) is 3.92 Å². The van der Waals surface area contributed by atoms with Gasteiger partial charge in [-0.05, 0) is 77.1 Å². The first kappa shape index (κ1) is 36.6. The third-order valence-electron chi connectivity index (χ3n) is 9.35. The highest BCUT2D eigenvalue weighted by Gasteiger charge is 2.53. The van der Waals surface area contributed by atoms with Crippen LogP contribution in [0.25, 0.3) is 10.9 Å². The second-order valence-electron chi connectivity index (χ2n) is 15.1. The molecule has 0 N–H and O–H groups in total. The summed E-state index contributed by atoms with van der Waals surface area (Å²) >= 11 is 4.87. The number of para-hydroxylation sites is 1. The first-order valence-corrected chi connectivity index (χ1v) is 20.4. The van der Waals surface area contributed by atoms with Crippen molar-refractivity contribution in [2.45, 2.75) is 83.5 Å². The molecule has 0 bridgehead atoms. The predicted molar refractivity (Wildman–Crippen MR) is 204 cm³/mol. The zero-order chi connectivity index (χ0) is 36.1. The fourth-order valence-electron chi connectivity index (χ4n) is 7.38. The van der Waals surface area contributed by atoms with Crippen molar-refractivity contribution < 1.29 is 22.7 Å². The molecule has 0 saturated heterocycles. The Labute approximate surface area is 306 Å². The number of aromatic nitrogens is 2. The Hall–Kier alpha value is -3.22. The lowest BCUT2D eigenvalue weighted by Crippen LogP contribution is -2.67. The van der Waals surface area contributed by atoms with Crippen LogP contribution in [-0.2, 0) is 15.6 Å². The molecule has 264 valence electrons. The Morgan fingerprint density at radius 3 is 2.06 bits per heavy atom. The minimum atomic E-state index is -3.25. The van der Waals surface area contributed by atoms with E-state index in [1.807, 2.05) is 118 Å². The largest absolute Gasteiger partial charge is 0.443 e.